The Morgan fingerprint density at radius 2 is 1.68 bits per heavy atom. The number of sulfone groups is 1. The van der Waals surface area contributed by atoms with Crippen molar-refractivity contribution in [1.82, 2.24) is 10.9 Å². The van der Waals surface area contributed by atoms with E-state index in [4.69, 9.17) is 42.8 Å². The number of benzene rings is 4. The number of alkyl halides is 3. The Morgan fingerprint density at radius 1 is 0.980 bits per heavy atom. The number of nitrogens with one attached hydrogen (secondary N) is 2. The average molecular weight is 751 g/mol. The average Bonchev–Trinajstić information content (AvgIpc) is 3.48. The summed E-state index contributed by atoms with van der Waals surface area (Å²) in [4.78, 5) is 19.1. The van der Waals surface area contributed by atoms with Gasteiger partial charge in [-0.05, 0) is 66.2 Å². The van der Waals surface area contributed by atoms with Crippen molar-refractivity contribution in [2.75, 3.05) is 19.0 Å². The fourth-order valence-corrected chi connectivity index (χ4v) is 7.14. The number of hydrazine groups is 1. The number of ether oxygens (including phenoxy) is 2. The molecule has 1 aliphatic rings. The van der Waals surface area contributed by atoms with Gasteiger partial charge in [-0.3, -0.25) is 10.2 Å². The first-order chi connectivity index (χ1) is 23.8. The standard InChI is InChI=1S/C35H32Cl2F3N3O6S/c36-26-13-16-29(30(37)21-26)31-34(17-20-50(46,47)28-5-2-1-3-6-28,33(45)43-41-22-23-7-11-25(12-8-23)35(38,39)40)42-32(49-31)24-9-14-27(15-10-24)48-19-4-18-44/h1-3,5-16,21,31,41,44H,4,17-20,22H2,(H,43,45)/t31-,34-/m0/s1. The van der Waals surface area contributed by atoms with Crippen LogP contribution in [0.1, 0.15) is 41.2 Å². The summed E-state index contributed by atoms with van der Waals surface area (Å²) in [5.74, 6) is -0.743. The molecule has 2 atom stereocenters. The van der Waals surface area contributed by atoms with Gasteiger partial charge in [0.25, 0.3) is 5.91 Å². The van der Waals surface area contributed by atoms with Crippen molar-refractivity contribution in [1.29, 1.82) is 0 Å². The zero-order chi connectivity index (χ0) is 35.9. The predicted molar refractivity (Wildman–Crippen MR) is 183 cm³/mol. The maximum absolute atomic E-state index is 14.3. The molecule has 15 heteroatoms. The van der Waals surface area contributed by atoms with Gasteiger partial charge in [0.1, 0.15) is 5.75 Å². The van der Waals surface area contributed by atoms with E-state index in [9.17, 15) is 26.4 Å². The molecule has 1 heterocycles. The number of aliphatic imine (C=N–C) groups is 1. The van der Waals surface area contributed by atoms with Crippen LogP contribution in [0.5, 0.6) is 5.75 Å². The van der Waals surface area contributed by atoms with Crippen molar-refractivity contribution >= 4 is 44.8 Å². The smallest absolute Gasteiger partial charge is 0.416 e. The van der Waals surface area contributed by atoms with Gasteiger partial charge in [-0.25, -0.2) is 18.8 Å². The van der Waals surface area contributed by atoms with E-state index >= 15 is 0 Å². The van der Waals surface area contributed by atoms with E-state index in [1.807, 2.05) is 0 Å². The normalized spacial score (nSPS) is 17.6. The van der Waals surface area contributed by atoms with Crippen LogP contribution in [-0.2, 0) is 32.1 Å². The lowest BCUT2D eigenvalue weighted by molar-refractivity contribution is -0.137. The fourth-order valence-electron chi connectivity index (χ4n) is 5.24. The van der Waals surface area contributed by atoms with E-state index in [-0.39, 0.29) is 35.4 Å². The minimum atomic E-state index is -4.50. The van der Waals surface area contributed by atoms with Crippen LogP contribution < -0.4 is 15.6 Å². The van der Waals surface area contributed by atoms with Gasteiger partial charge in [-0.1, -0.05) is 59.6 Å². The Balaban J connectivity index is 1.51. The largest absolute Gasteiger partial charge is 0.494 e. The van der Waals surface area contributed by atoms with Gasteiger partial charge in [0.15, 0.2) is 21.5 Å². The third-order valence-electron chi connectivity index (χ3n) is 7.90. The molecule has 0 bridgehead atoms. The zero-order valence-corrected chi connectivity index (χ0v) is 28.6. The van der Waals surface area contributed by atoms with E-state index in [0.29, 0.717) is 40.5 Å². The van der Waals surface area contributed by atoms with Crippen molar-refractivity contribution < 1.29 is 41.0 Å². The van der Waals surface area contributed by atoms with Gasteiger partial charge < -0.3 is 14.6 Å². The number of rotatable bonds is 14. The van der Waals surface area contributed by atoms with Crippen molar-refractivity contribution in [2.45, 2.75) is 42.1 Å². The second-order valence-corrected chi connectivity index (χ2v) is 14.3. The fraction of sp³-hybridized carbons (Fsp3) is 0.257. The predicted octanol–water partition coefficient (Wildman–Crippen LogP) is 6.72. The van der Waals surface area contributed by atoms with Crippen molar-refractivity contribution in [3.8, 4) is 5.75 Å². The summed E-state index contributed by atoms with van der Waals surface area (Å²) in [6.07, 6.45) is -5.65. The third kappa shape index (κ3) is 8.77. The number of halogens is 5. The van der Waals surface area contributed by atoms with Gasteiger partial charge in [-0.2, -0.15) is 13.2 Å². The molecule has 0 radical (unpaired) electrons. The van der Waals surface area contributed by atoms with Gasteiger partial charge >= 0.3 is 6.18 Å². The molecule has 0 saturated carbocycles. The molecular weight excluding hydrogens is 718 g/mol. The summed E-state index contributed by atoms with van der Waals surface area (Å²) in [6.45, 7) is 0.202. The topological polar surface area (TPSA) is 126 Å². The van der Waals surface area contributed by atoms with Gasteiger partial charge in [-0.15, -0.1) is 0 Å². The first kappa shape index (κ1) is 37.1. The number of aliphatic hydroxyl groups excluding tert-OH is 1. The molecule has 0 spiro atoms. The number of aliphatic hydroxyl groups is 1. The maximum atomic E-state index is 14.3. The summed E-state index contributed by atoms with van der Waals surface area (Å²) < 4.78 is 78.2. The van der Waals surface area contributed by atoms with E-state index < -0.39 is 44.9 Å². The van der Waals surface area contributed by atoms with Crippen LogP contribution in [-0.4, -0.2) is 49.8 Å². The Labute approximate surface area is 296 Å². The minimum absolute atomic E-state index is 0.0259. The zero-order valence-electron chi connectivity index (χ0n) is 26.3. The summed E-state index contributed by atoms with van der Waals surface area (Å²) in [5.41, 5.74) is 3.76. The Morgan fingerprint density at radius 3 is 2.32 bits per heavy atom. The molecule has 5 rings (SSSR count). The number of hydrogen-bond acceptors (Lipinski definition) is 8. The van der Waals surface area contributed by atoms with Gasteiger partial charge in [0.05, 0.1) is 22.8 Å². The molecule has 0 saturated heterocycles. The molecule has 0 unspecified atom stereocenters. The third-order valence-corrected chi connectivity index (χ3v) is 10.2. The molecular formula is C35H32Cl2F3N3O6S. The lowest BCUT2D eigenvalue weighted by atomic mass is 9.85. The maximum Gasteiger partial charge on any atom is 0.416 e. The second-order valence-electron chi connectivity index (χ2n) is 11.3. The molecule has 1 aliphatic heterocycles. The van der Waals surface area contributed by atoms with Crippen LogP contribution in [0.3, 0.4) is 0 Å². The summed E-state index contributed by atoms with van der Waals surface area (Å²) >= 11 is 12.8. The minimum Gasteiger partial charge on any atom is -0.494 e. The van der Waals surface area contributed by atoms with Gasteiger partial charge in [0.2, 0.25) is 5.90 Å². The molecule has 0 fully saturated rings. The van der Waals surface area contributed by atoms with Crippen LogP contribution in [0.2, 0.25) is 10.0 Å². The summed E-state index contributed by atoms with van der Waals surface area (Å²) in [7, 11) is -3.93. The second kappa shape index (κ2) is 15.8. The first-order valence-corrected chi connectivity index (χ1v) is 17.8. The van der Waals surface area contributed by atoms with Crippen molar-refractivity contribution in [2.24, 2.45) is 4.99 Å². The molecule has 1 amide bonds. The van der Waals surface area contributed by atoms with Crippen molar-refractivity contribution in [3.05, 3.63) is 129 Å². The van der Waals surface area contributed by atoms with Crippen LogP contribution in [0, 0.1) is 0 Å². The van der Waals surface area contributed by atoms with Gasteiger partial charge in [0, 0.05) is 47.2 Å². The van der Waals surface area contributed by atoms with Crippen LogP contribution in [0.25, 0.3) is 0 Å². The summed E-state index contributed by atoms with van der Waals surface area (Å²) in [6, 6.07) is 23.4. The number of amides is 1. The van der Waals surface area contributed by atoms with Crippen LogP contribution in [0.4, 0.5) is 13.2 Å². The van der Waals surface area contributed by atoms with E-state index in [1.165, 1.54) is 30.3 Å². The molecule has 9 nitrogen and oxygen atoms in total. The monoisotopic (exact) mass is 749 g/mol. The van der Waals surface area contributed by atoms with E-state index in [1.54, 1.807) is 54.6 Å². The Bertz CT molecular complexity index is 1930. The highest BCUT2D eigenvalue weighted by Crippen LogP contribution is 2.45. The molecule has 264 valence electrons. The van der Waals surface area contributed by atoms with Crippen molar-refractivity contribution in [3.63, 3.8) is 0 Å². The highest BCUT2D eigenvalue weighted by atomic mass is 35.5. The molecule has 4 aromatic rings. The first-order valence-electron chi connectivity index (χ1n) is 15.4. The lowest BCUT2D eigenvalue weighted by Gasteiger charge is -2.31. The Hall–Kier alpha value is -4.14. The number of carbonyl (C=O) groups is 1. The molecule has 3 N–H and O–H groups in total. The van der Waals surface area contributed by atoms with E-state index in [2.05, 4.69) is 10.9 Å². The van der Waals surface area contributed by atoms with E-state index in [0.717, 1.165) is 12.1 Å². The molecule has 4 aromatic carbocycles. The lowest BCUT2D eigenvalue weighted by Crippen LogP contribution is -2.53. The quantitative estimate of drug-likeness (QED) is 0.0966. The number of nitrogens with zero attached hydrogens (tertiary/aromatic N) is 1. The molecule has 50 heavy (non-hydrogen) atoms. The van der Waals surface area contributed by atoms with Crippen LogP contribution in [0.15, 0.2) is 107 Å². The number of carbonyl (C=O) groups excluding carboxylic acids is 1. The highest BCUT2D eigenvalue weighted by Gasteiger charge is 2.54. The highest BCUT2D eigenvalue weighted by molar-refractivity contribution is 7.91. The Kier molecular flexibility index (Phi) is 11.7. The SMILES string of the molecule is O=C(NNCc1ccc(C(F)(F)F)cc1)[C@@]1(CCS(=O)(=O)c2ccccc2)N=C(c2ccc(OCCCO)cc2)O[C@H]1c1ccc(Cl)cc1Cl. The summed E-state index contributed by atoms with van der Waals surface area (Å²) in [5, 5.41) is 9.51. The number of hydrogen-bond donors (Lipinski definition) is 3. The molecule has 0 aromatic heterocycles. The van der Waals surface area contributed by atoms with Crippen LogP contribution >= 0.6 is 23.2 Å². The molecule has 0 aliphatic carbocycles.